The Morgan fingerprint density at radius 2 is 1.61 bits per heavy atom. The van der Waals surface area contributed by atoms with E-state index in [-0.39, 0.29) is 12.3 Å². The fraction of sp³-hybridized carbons (Fsp3) is 0.846. The van der Waals surface area contributed by atoms with Crippen LogP contribution in [0.4, 0.5) is 0 Å². The summed E-state index contributed by atoms with van der Waals surface area (Å²) in [5, 5.41) is 12.0. The molecule has 0 saturated carbocycles. The van der Waals surface area contributed by atoms with Crippen LogP contribution in [0.5, 0.6) is 0 Å². The van der Waals surface area contributed by atoms with Gasteiger partial charge in [-0.3, -0.25) is 14.6 Å². The van der Waals surface area contributed by atoms with E-state index < -0.39 is 5.97 Å². The number of carbonyl (C=O) groups is 2. The van der Waals surface area contributed by atoms with Crippen molar-refractivity contribution in [3.05, 3.63) is 0 Å². The molecule has 1 N–H and O–H groups in total. The maximum atomic E-state index is 12.0. The molecule has 0 aliphatic rings. The molecule has 0 unspecified atom stereocenters. The Morgan fingerprint density at radius 3 is 2.11 bits per heavy atom. The topological polar surface area (TPSA) is 60.9 Å². The van der Waals surface area contributed by atoms with Gasteiger partial charge in [-0.15, -0.1) is 0 Å². The number of carbonyl (C=O) groups excluding carboxylic acids is 1. The van der Waals surface area contributed by atoms with E-state index in [9.17, 15) is 9.59 Å². The largest absolute Gasteiger partial charge is 0.481 e. The molecule has 0 rings (SSSR count). The second-order valence-electron chi connectivity index (χ2n) is 4.67. The van der Waals surface area contributed by atoms with Crippen molar-refractivity contribution < 1.29 is 14.7 Å². The lowest BCUT2D eigenvalue weighted by molar-refractivity contribution is -0.145. The number of carboxylic acid groups (broad SMARTS) is 1. The number of amides is 1. The van der Waals surface area contributed by atoms with Gasteiger partial charge in [0.05, 0.1) is 0 Å². The number of hydrogen-bond acceptors (Lipinski definition) is 3. The first-order chi connectivity index (χ1) is 8.49. The van der Waals surface area contributed by atoms with E-state index in [2.05, 4.69) is 6.92 Å². The van der Waals surface area contributed by atoms with Gasteiger partial charge in [-0.05, 0) is 19.3 Å². The van der Waals surface area contributed by atoms with Crippen LogP contribution >= 0.6 is 0 Å². The summed E-state index contributed by atoms with van der Waals surface area (Å²) in [6.07, 6.45) is 5.19. The van der Waals surface area contributed by atoms with Crippen molar-refractivity contribution in [3.8, 4) is 0 Å². The van der Waals surface area contributed by atoms with E-state index in [1.807, 2.05) is 14.1 Å². The minimum Gasteiger partial charge on any atom is -0.481 e. The van der Waals surface area contributed by atoms with Gasteiger partial charge in [-0.25, -0.2) is 5.01 Å². The van der Waals surface area contributed by atoms with Gasteiger partial charge in [0, 0.05) is 33.5 Å². The number of rotatable bonds is 10. The molecule has 0 aromatic rings. The van der Waals surface area contributed by atoms with Gasteiger partial charge in [-0.2, -0.15) is 0 Å². The van der Waals surface area contributed by atoms with E-state index in [4.69, 9.17) is 5.11 Å². The molecule has 0 radical (unpaired) electrons. The Hall–Kier alpha value is -1.10. The summed E-state index contributed by atoms with van der Waals surface area (Å²) in [4.78, 5) is 22.4. The zero-order chi connectivity index (χ0) is 14.0. The lowest BCUT2D eigenvalue weighted by Crippen LogP contribution is -2.42. The second kappa shape index (κ2) is 9.88. The maximum Gasteiger partial charge on any atom is 0.303 e. The summed E-state index contributed by atoms with van der Waals surface area (Å²) in [7, 11) is 3.68. The van der Waals surface area contributed by atoms with Gasteiger partial charge in [0.15, 0.2) is 0 Å². The molecule has 0 fully saturated rings. The fourth-order valence-electron chi connectivity index (χ4n) is 1.74. The van der Waals surface area contributed by atoms with Crippen molar-refractivity contribution in [2.24, 2.45) is 0 Å². The van der Waals surface area contributed by atoms with Gasteiger partial charge in [0.25, 0.3) is 0 Å². The molecule has 1 amide bonds. The number of aliphatic carboxylic acids is 1. The summed E-state index contributed by atoms with van der Waals surface area (Å²) in [5.74, 6) is -0.649. The smallest absolute Gasteiger partial charge is 0.303 e. The van der Waals surface area contributed by atoms with Crippen molar-refractivity contribution in [2.75, 3.05) is 20.6 Å². The molecular formula is C13H26N2O3. The molecule has 0 aliphatic heterocycles. The van der Waals surface area contributed by atoms with E-state index in [0.717, 1.165) is 25.7 Å². The quantitative estimate of drug-likeness (QED) is 0.481. The highest BCUT2D eigenvalue weighted by Crippen LogP contribution is 2.06. The first-order valence-electron chi connectivity index (χ1n) is 6.68. The van der Waals surface area contributed by atoms with Gasteiger partial charge in [-0.1, -0.05) is 19.8 Å². The Bertz CT molecular complexity index is 255. The van der Waals surface area contributed by atoms with Crippen molar-refractivity contribution >= 4 is 11.9 Å². The molecule has 0 spiro atoms. The normalized spacial score (nSPS) is 10.7. The molecule has 0 aliphatic carbocycles. The van der Waals surface area contributed by atoms with E-state index >= 15 is 0 Å². The Labute approximate surface area is 110 Å². The summed E-state index contributed by atoms with van der Waals surface area (Å²) < 4.78 is 0. The van der Waals surface area contributed by atoms with Crippen molar-refractivity contribution in [3.63, 3.8) is 0 Å². The Morgan fingerprint density at radius 1 is 1.00 bits per heavy atom. The molecule has 0 aromatic heterocycles. The van der Waals surface area contributed by atoms with Gasteiger partial charge in [0.1, 0.15) is 0 Å². The highest BCUT2D eigenvalue weighted by molar-refractivity contribution is 5.75. The van der Waals surface area contributed by atoms with E-state index in [1.54, 1.807) is 10.0 Å². The first kappa shape index (κ1) is 16.9. The van der Waals surface area contributed by atoms with Crippen LogP contribution in [-0.4, -0.2) is 47.6 Å². The van der Waals surface area contributed by atoms with Crippen LogP contribution in [0, 0.1) is 0 Å². The molecule has 0 heterocycles. The fourth-order valence-corrected chi connectivity index (χ4v) is 1.74. The molecule has 0 aromatic carbocycles. The van der Waals surface area contributed by atoms with Crippen LogP contribution in [0.1, 0.15) is 51.9 Å². The minimum absolute atomic E-state index is 0.128. The predicted octanol–water partition coefficient (Wildman–Crippen LogP) is 2.13. The molecule has 0 saturated heterocycles. The number of unbranched alkanes of at least 4 members (excludes halogenated alkanes) is 3. The van der Waals surface area contributed by atoms with Crippen LogP contribution < -0.4 is 0 Å². The average molecular weight is 258 g/mol. The lowest BCUT2D eigenvalue weighted by atomic mass is 10.2. The second-order valence-corrected chi connectivity index (χ2v) is 4.67. The van der Waals surface area contributed by atoms with Gasteiger partial charge >= 0.3 is 5.97 Å². The molecule has 5 heteroatoms. The van der Waals surface area contributed by atoms with Crippen LogP contribution in [0.2, 0.25) is 0 Å². The number of hydrazine groups is 1. The molecule has 106 valence electrons. The molecule has 18 heavy (non-hydrogen) atoms. The highest BCUT2D eigenvalue weighted by atomic mass is 16.4. The van der Waals surface area contributed by atoms with Crippen LogP contribution in [-0.2, 0) is 9.59 Å². The summed E-state index contributed by atoms with van der Waals surface area (Å²) in [6, 6.07) is 0. The van der Waals surface area contributed by atoms with Crippen molar-refractivity contribution in [2.45, 2.75) is 51.9 Å². The third-order valence-electron chi connectivity index (χ3n) is 2.78. The number of carboxylic acids is 1. The van der Waals surface area contributed by atoms with Crippen LogP contribution in [0.25, 0.3) is 0 Å². The van der Waals surface area contributed by atoms with E-state index in [1.165, 1.54) is 0 Å². The Balaban J connectivity index is 3.97. The monoisotopic (exact) mass is 258 g/mol. The SMILES string of the molecule is CCCCCC(=O)N(CCCCC(=O)O)N(C)C. The zero-order valence-electron chi connectivity index (χ0n) is 11.8. The van der Waals surface area contributed by atoms with Crippen LogP contribution in [0.15, 0.2) is 0 Å². The maximum absolute atomic E-state index is 12.0. The van der Waals surface area contributed by atoms with Crippen molar-refractivity contribution in [1.82, 2.24) is 10.0 Å². The minimum atomic E-state index is -0.777. The van der Waals surface area contributed by atoms with Gasteiger partial charge < -0.3 is 5.11 Å². The third kappa shape index (κ3) is 8.06. The van der Waals surface area contributed by atoms with Crippen molar-refractivity contribution in [1.29, 1.82) is 0 Å². The van der Waals surface area contributed by atoms with E-state index in [0.29, 0.717) is 19.4 Å². The number of nitrogens with zero attached hydrogens (tertiary/aromatic N) is 2. The molecular weight excluding hydrogens is 232 g/mol. The zero-order valence-corrected chi connectivity index (χ0v) is 11.8. The average Bonchev–Trinajstić information content (AvgIpc) is 2.28. The van der Waals surface area contributed by atoms with Gasteiger partial charge in [0.2, 0.25) is 5.91 Å². The number of hydrogen-bond donors (Lipinski definition) is 1. The predicted molar refractivity (Wildman–Crippen MR) is 71.0 cm³/mol. The summed E-state index contributed by atoms with van der Waals surface area (Å²) in [5.41, 5.74) is 0. The Kier molecular flexibility index (Phi) is 9.28. The standard InChI is InChI=1S/C13H26N2O3/c1-4-5-6-9-12(16)15(14(2)3)11-8-7-10-13(17)18/h4-11H2,1-3H3,(H,17,18). The molecule has 0 atom stereocenters. The first-order valence-corrected chi connectivity index (χ1v) is 6.68. The summed E-state index contributed by atoms with van der Waals surface area (Å²) in [6.45, 7) is 2.71. The lowest BCUT2D eigenvalue weighted by Gasteiger charge is -2.29. The van der Waals surface area contributed by atoms with Crippen LogP contribution in [0.3, 0.4) is 0 Å². The third-order valence-corrected chi connectivity index (χ3v) is 2.78. The summed E-state index contributed by atoms with van der Waals surface area (Å²) >= 11 is 0. The molecule has 5 nitrogen and oxygen atoms in total. The highest BCUT2D eigenvalue weighted by Gasteiger charge is 2.14. The molecule has 0 bridgehead atoms.